The molecule has 4 heteroatoms. The Balaban J connectivity index is 2.02. The molecule has 0 aliphatic rings. The molecule has 3 aromatic carbocycles. The summed E-state index contributed by atoms with van der Waals surface area (Å²) in [6.45, 7) is 0.414. The predicted octanol–water partition coefficient (Wildman–Crippen LogP) is 4.21. The molecule has 1 amide bonds. The summed E-state index contributed by atoms with van der Waals surface area (Å²) in [5.41, 5.74) is 8.79. The van der Waals surface area contributed by atoms with E-state index in [9.17, 15) is 4.79 Å². The average Bonchev–Trinajstić information content (AvgIpc) is 2.73. The third-order valence-electron chi connectivity index (χ3n) is 4.33. The van der Waals surface area contributed by atoms with Crippen molar-refractivity contribution in [1.82, 2.24) is 0 Å². The Kier molecular flexibility index (Phi) is 6.69. The van der Waals surface area contributed by atoms with Crippen molar-refractivity contribution in [3.8, 4) is 0 Å². The largest absolute Gasteiger partial charge is 0.371 e. The normalized spacial score (nSPS) is 11.3. The van der Waals surface area contributed by atoms with Crippen molar-refractivity contribution in [3.63, 3.8) is 0 Å². The van der Waals surface area contributed by atoms with Crippen LogP contribution >= 0.6 is 11.8 Å². The lowest BCUT2D eigenvalue weighted by molar-refractivity contribution is -0.122. The lowest BCUT2D eigenvalue weighted by atomic mass is 9.84. The lowest BCUT2D eigenvalue weighted by Gasteiger charge is -2.35. The number of carbonyl (C=O) groups excluding carboxylic acids is 1. The van der Waals surface area contributed by atoms with E-state index in [0.717, 1.165) is 5.75 Å². The van der Waals surface area contributed by atoms with E-state index in [1.807, 2.05) is 18.2 Å². The van der Waals surface area contributed by atoms with Crippen LogP contribution < -0.4 is 5.73 Å². The molecule has 0 unspecified atom stereocenters. The maximum Gasteiger partial charge on any atom is 0.243 e. The van der Waals surface area contributed by atoms with Crippen molar-refractivity contribution in [2.45, 2.75) is 4.75 Å². The average molecular weight is 378 g/mol. The highest BCUT2D eigenvalue weighted by molar-refractivity contribution is 8.00. The molecule has 3 aromatic rings. The van der Waals surface area contributed by atoms with E-state index in [0.29, 0.717) is 6.61 Å². The van der Waals surface area contributed by atoms with Crippen molar-refractivity contribution in [1.29, 1.82) is 0 Å². The smallest absolute Gasteiger partial charge is 0.243 e. The Hall–Kier alpha value is -2.56. The van der Waals surface area contributed by atoms with Gasteiger partial charge in [-0.15, -0.1) is 11.8 Å². The minimum Gasteiger partial charge on any atom is -0.371 e. The van der Waals surface area contributed by atoms with Crippen molar-refractivity contribution in [2.24, 2.45) is 5.73 Å². The van der Waals surface area contributed by atoms with Crippen molar-refractivity contribution < 1.29 is 9.53 Å². The van der Waals surface area contributed by atoms with E-state index >= 15 is 0 Å². The minimum absolute atomic E-state index is 0.0461. The van der Waals surface area contributed by atoms with Gasteiger partial charge in [0, 0.05) is 5.75 Å². The second-order valence-corrected chi connectivity index (χ2v) is 7.46. The number of primary amides is 1. The van der Waals surface area contributed by atoms with Gasteiger partial charge in [-0.1, -0.05) is 91.0 Å². The zero-order valence-electron chi connectivity index (χ0n) is 15.1. The summed E-state index contributed by atoms with van der Waals surface area (Å²) in [4.78, 5) is 10.9. The van der Waals surface area contributed by atoms with Crippen LogP contribution in [0.1, 0.15) is 16.7 Å². The van der Waals surface area contributed by atoms with Gasteiger partial charge in [0.05, 0.1) is 11.4 Å². The van der Waals surface area contributed by atoms with Crippen molar-refractivity contribution in [2.75, 3.05) is 19.0 Å². The number of thioether (sulfide) groups is 1. The minimum atomic E-state index is -0.444. The molecule has 0 fully saturated rings. The first-order valence-electron chi connectivity index (χ1n) is 8.90. The van der Waals surface area contributed by atoms with Gasteiger partial charge in [-0.3, -0.25) is 4.79 Å². The number of ether oxygens (including phenoxy) is 1. The van der Waals surface area contributed by atoms with Crippen molar-refractivity contribution in [3.05, 3.63) is 108 Å². The van der Waals surface area contributed by atoms with Crippen LogP contribution in [-0.4, -0.2) is 24.9 Å². The van der Waals surface area contributed by atoms with E-state index in [4.69, 9.17) is 10.5 Å². The maximum absolute atomic E-state index is 10.9. The highest BCUT2D eigenvalue weighted by Crippen LogP contribution is 2.48. The van der Waals surface area contributed by atoms with Gasteiger partial charge in [0.1, 0.15) is 6.61 Å². The first-order valence-corrected chi connectivity index (χ1v) is 9.88. The highest BCUT2D eigenvalue weighted by atomic mass is 32.2. The Morgan fingerprint density at radius 2 is 1.19 bits per heavy atom. The third-order valence-corrected chi connectivity index (χ3v) is 5.84. The summed E-state index contributed by atoms with van der Waals surface area (Å²) in [6, 6.07) is 31.5. The number of hydrogen-bond donors (Lipinski definition) is 1. The van der Waals surface area contributed by atoms with E-state index in [1.165, 1.54) is 16.7 Å². The van der Waals surface area contributed by atoms with Crippen LogP contribution in [0.3, 0.4) is 0 Å². The molecule has 138 valence electrons. The molecule has 3 nitrogen and oxygen atoms in total. The molecule has 27 heavy (non-hydrogen) atoms. The van der Waals surface area contributed by atoms with Crippen LogP contribution in [0.4, 0.5) is 0 Å². The number of benzene rings is 3. The van der Waals surface area contributed by atoms with E-state index < -0.39 is 5.91 Å². The second-order valence-electron chi connectivity index (χ2n) is 6.15. The molecule has 0 spiro atoms. The van der Waals surface area contributed by atoms with Gasteiger partial charge in [-0.05, 0) is 16.7 Å². The highest BCUT2D eigenvalue weighted by Gasteiger charge is 2.36. The number of nitrogens with two attached hydrogens (primary N) is 1. The molecular weight excluding hydrogens is 354 g/mol. The van der Waals surface area contributed by atoms with Crippen molar-refractivity contribution >= 4 is 17.7 Å². The fraction of sp³-hybridized carbons (Fsp3) is 0.174. The van der Waals surface area contributed by atoms with Crippen LogP contribution in [0.2, 0.25) is 0 Å². The van der Waals surface area contributed by atoms with Crippen LogP contribution in [0.5, 0.6) is 0 Å². The molecule has 0 heterocycles. The lowest BCUT2D eigenvalue weighted by Crippen LogP contribution is -2.27. The van der Waals surface area contributed by atoms with Crippen LogP contribution in [0.15, 0.2) is 91.0 Å². The topological polar surface area (TPSA) is 52.3 Å². The zero-order chi connectivity index (χ0) is 19.0. The molecule has 0 radical (unpaired) electrons. The molecule has 0 bridgehead atoms. The number of rotatable bonds is 9. The predicted molar refractivity (Wildman–Crippen MR) is 112 cm³/mol. The zero-order valence-corrected chi connectivity index (χ0v) is 15.9. The summed E-state index contributed by atoms with van der Waals surface area (Å²) in [5, 5.41) is 0. The molecule has 2 N–H and O–H groups in total. The molecule has 3 rings (SSSR count). The fourth-order valence-corrected chi connectivity index (χ4v) is 4.61. The molecule has 0 aliphatic carbocycles. The van der Waals surface area contributed by atoms with Crippen LogP contribution in [-0.2, 0) is 14.3 Å². The standard InChI is InChI=1S/C23H23NO2S/c24-22(25)18-26-16-17-27-23(19-10-4-1-5-11-19,20-12-6-2-7-13-20)21-14-8-3-9-15-21/h1-15H,16-18H2,(H2,24,25). The number of amides is 1. The molecular formula is C23H23NO2S. The number of hydrogen-bond acceptors (Lipinski definition) is 3. The fourth-order valence-electron chi connectivity index (χ4n) is 3.20. The summed E-state index contributed by atoms with van der Waals surface area (Å²) in [6.07, 6.45) is 0. The van der Waals surface area contributed by atoms with Crippen LogP contribution in [0, 0.1) is 0 Å². The molecule has 0 saturated heterocycles. The molecule has 0 aromatic heterocycles. The molecule has 0 aliphatic heterocycles. The number of carbonyl (C=O) groups is 1. The van der Waals surface area contributed by atoms with Gasteiger partial charge in [-0.25, -0.2) is 0 Å². The first-order chi connectivity index (χ1) is 13.2. The quantitative estimate of drug-likeness (QED) is 0.449. The Morgan fingerprint density at radius 1 is 0.778 bits per heavy atom. The van der Waals surface area contributed by atoms with Gasteiger partial charge in [0.25, 0.3) is 0 Å². The summed E-state index contributed by atoms with van der Waals surface area (Å²) in [7, 11) is 0. The monoisotopic (exact) mass is 377 g/mol. The van der Waals surface area contributed by atoms with Gasteiger partial charge in [0.15, 0.2) is 0 Å². The van der Waals surface area contributed by atoms with Gasteiger partial charge in [-0.2, -0.15) is 0 Å². The maximum atomic E-state index is 10.9. The van der Waals surface area contributed by atoms with E-state index in [-0.39, 0.29) is 11.4 Å². The van der Waals surface area contributed by atoms with Gasteiger partial charge >= 0.3 is 0 Å². The molecule has 0 atom stereocenters. The third kappa shape index (κ3) is 4.59. The Morgan fingerprint density at radius 3 is 1.56 bits per heavy atom. The summed E-state index contributed by atoms with van der Waals surface area (Å²) in [5.74, 6) is 0.284. The van der Waals surface area contributed by atoms with Crippen LogP contribution in [0.25, 0.3) is 0 Å². The summed E-state index contributed by atoms with van der Waals surface area (Å²) < 4.78 is 5.04. The van der Waals surface area contributed by atoms with Gasteiger partial charge < -0.3 is 10.5 Å². The SMILES string of the molecule is NC(=O)COCCSC(c1ccccc1)(c1ccccc1)c1ccccc1. The Bertz CT molecular complexity index is 741. The first kappa shape index (κ1) is 19.2. The Labute approximate surface area is 164 Å². The molecule has 0 saturated carbocycles. The van der Waals surface area contributed by atoms with E-state index in [2.05, 4.69) is 72.8 Å². The second kappa shape index (κ2) is 9.40. The summed E-state index contributed by atoms with van der Waals surface area (Å²) >= 11 is 1.80. The van der Waals surface area contributed by atoms with E-state index in [1.54, 1.807) is 11.8 Å². The van der Waals surface area contributed by atoms with Gasteiger partial charge in [0.2, 0.25) is 5.91 Å².